The number of anilines is 1. The molecule has 0 radical (unpaired) electrons. The zero-order chi connectivity index (χ0) is 20.3. The lowest BCUT2D eigenvalue weighted by Gasteiger charge is -2.18. The van der Waals surface area contributed by atoms with Crippen LogP contribution >= 0.6 is 22.9 Å². The maximum Gasteiger partial charge on any atom is 0.269 e. The van der Waals surface area contributed by atoms with E-state index in [4.69, 9.17) is 11.6 Å². The average Bonchev–Trinajstić information content (AvgIpc) is 3.11. The van der Waals surface area contributed by atoms with E-state index in [1.165, 1.54) is 39.9 Å². The Bertz CT molecular complexity index is 1090. The molecule has 0 spiro atoms. The highest BCUT2D eigenvalue weighted by atomic mass is 35.5. The van der Waals surface area contributed by atoms with Gasteiger partial charge in [-0.25, -0.2) is 13.4 Å². The van der Waals surface area contributed by atoms with Gasteiger partial charge in [0.15, 0.2) is 0 Å². The second-order valence-corrected chi connectivity index (χ2v) is 9.17. The highest BCUT2D eigenvalue weighted by Crippen LogP contribution is 2.30. The van der Waals surface area contributed by atoms with Gasteiger partial charge in [0.05, 0.1) is 14.6 Å². The van der Waals surface area contributed by atoms with E-state index in [0.29, 0.717) is 34.3 Å². The first-order valence-corrected chi connectivity index (χ1v) is 11.2. The van der Waals surface area contributed by atoms with Crippen molar-refractivity contribution in [1.82, 2.24) is 14.7 Å². The Morgan fingerprint density at radius 2 is 1.82 bits per heavy atom. The second kappa shape index (κ2) is 8.44. The van der Waals surface area contributed by atoms with Crippen molar-refractivity contribution in [2.75, 3.05) is 18.5 Å². The van der Waals surface area contributed by atoms with Gasteiger partial charge in [-0.15, -0.1) is 0 Å². The van der Waals surface area contributed by atoms with Crippen LogP contribution in [0.25, 0.3) is 10.2 Å². The third kappa shape index (κ3) is 4.12. The Balaban J connectivity index is 1.70. The minimum Gasteiger partial charge on any atom is -0.273 e. The Morgan fingerprint density at radius 1 is 1.14 bits per heavy atom. The van der Waals surface area contributed by atoms with Gasteiger partial charge in [0.2, 0.25) is 15.2 Å². The zero-order valence-electron chi connectivity index (χ0n) is 15.3. The third-order valence-electron chi connectivity index (χ3n) is 4.11. The highest BCUT2D eigenvalue weighted by molar-refractivity contribution is 7.89. The highest BCUT2D eigenvalue weighted by Gasteiger charge is 2.21. The van der Waals surface area contributed by atoms with E-state index in [2.05, 4.69) is 15.8 Å². The summed E-state index contributed by atoms with van der Waals surface area (Å²) >= 11 is 7.46. The van der Waals surface area contributed by atoms with Crippen molar-refractivity contribution in [2.45, 2.75) is 18.7 Å². The number of thiazole rings is 1. The normalized spacial score (nSPS) is 11.7. The van der Waals surface area contributed by atoms with E-state index < -0.39 is 15.9 Å². The third-order valence-corrected chi connectivity index (χ3v) is 7.42. The first kappa shape index (κ1) is 20.5. The van der Waals surface area contributed by atoms with Crippen molar-refractivity contribution in [1.29, 1.82) is 0 Å². The topological polar surface area (TPSA) is 91.4 Å². The van der Waals surface area contributed by atoms with Crippen LogP contribution in [0.2, 0.25) is 5.02 Å². The van der Waals surface area contributed by atoms with Gasteiger partial charge in [-0.1, -0.05) is 42.9 Å². The smallest absolute Gasteiger partial charge is 0.269 e. The van der Waals surface area contributed by atoms with Gasteiger partial charge in [0.25, 0.3) is 5.91 Å². The van der Waals surface area contributed by atoms with Gasteiger partial charge in [-0.2, -0.15) is 4.31 Å². The van der Waals surface area contributed by atoms with Crippen LogP contribution in [0.1, 0.15) is 24.2 Å². The van der Waals surface area contributed by atoms with E-state index in [0.717, 1.165) is 4.70 Å². The Morgan fingerprint density at radius 3 is 2.43 bits per heavy atom. The van der Waals surface area contributed by atoms with Gasteiger partial charge in [0, 0.05) is 18.7 Å². The lowest BCUT2D eigenvalue weighted by atomic mass is 10.2. The summed E-state index contributed by atoms with van der Waals surface area (Å²) in [7, 11) is -3.55. The van der Waals surface area contributed by atoms with Gasteiger partial charge in [-0.05, 0) is 36.4 Å². The van der Waals surface area contributed by atoms with Crippen LogP contribution in [0.3, 0.4) is 0 Å². The number of carbonyl (C=O) groups excluding carboxylic acids is 1. The number of fused-ring (bicyclic) bond motifs is 1. The molecule has 1 heterocycles. The van der Waals surface area contributed by atoms with Crippen molar-refractivity contribution < 1.29 is 13.2 Å². The second-order valence-electron chi connectivity index (χ2n) is 5.80. The Labute approximate surface area is 172 Å². The fourth-order valence-electron chi connectivity index (χ4n) is 2.64. The van der Waals surface area contributed by atoms with Crippen LogP contribution in [0.4, 0.5) is 5.13 Å². The molecule has 28 heavy (non-hydrogen) atoms. The van der Waals surface area contributed by atoms with Crippen molar-refractivity contribution in [3.63, 3.8) is 0 Å². The summed E-state index contributed by atoms with van der Waals surface area (Å²) in [5.41, 5.74) is 6.31. The lowest BCUT2D eigenvalue weighted by molar-refractivity contribution is 0.0962. The van der Waals surface area contributed by atoms with E-state index in [9.17, 15) is 13.2 Å². The molecule has 10 heteroatoms. The molecule has 0 unspecified atom stereocenters. The molecule has 0 saturated carbocycles. The number of benzene rings is 2. The minimum absolute atomic E-state index is 0.154. The number of amides is 1. The first-order valence-electron chi connectivity index (χ1n) is 8.58. The molecule has 0 fully saturated rings. The number of nitrogens with one attached hydrogen (secondary N) is 2. The number of aromatic nitrogens is 1. The fourth-order valence-corrected chi connectivity index (χ4v) is 5.22. The van der Waals surface area contributed by atoms with Crippen molar-refractivity contribution >= 4 is 54.2 Å². The lowest BCUT2D eigenvalue weighted by Crippen LogP contribution is -2.31. The molecule has 0 atom stereocenters. The van der Waals surface area contributed by atoms with Crippen LogP contribution in [0.15, 0.2) is 47.4 Å². The Kier molecular flexibility index (Phi) is 6.19. The molecule has 7 nitrogen and oxygen atoms in total. The molecular formula is C18H19ClN4O3S2. The van der Waals surface area contributed by atoms with E-state index >= 15 is 0 Å². The maximum atomic E-state index is 12.5. The van der Waals surface area contributed by atoms with E-state index in [1.807, 2.05) is 12.1 Å². The monoisotopic (exact) mass is 438 g/mol. The van der Waals surface area contributed by atoms with Crippen LogP contribution in [0.5, 0.6) is 0 Å². The summed E-state index contributed by atoms with van der Waals surface area (Å²) in [5.74, 6) is -0.405. The molecule has 0 aliphatic rings. The molecule has 3 aromatic rings. The van der Waals surface area contributed by atoms with Crippen LogP contribution in [0, 0.1) is 0 Å². The Hall–Kier alpha value is -2.20. The first-order chi connectivity index (χ1) is 13.4. The maximum absolute atomic E-state index is 12.5. The van der Waals surface area contributed by atoms with Crippen LogP contribution in [-0.2, 0) is 10.0 Å². The molecule has 2 N–H and O–H groups in total. The van der Waals surface area contributed by atoms with Crippen LogP contribution < -0.4 is 10.9 Å². The molecular weight excluding hydrogens is 420 g/mol. The molecule has 0 saturated heterocycles. The molecule has 0 bridgehead atoms. The molecule has 1 amide bonds. The molecule has 2 aromatic carbocycles. The summed E-state index contributed by atoms with van der Waals surface area (Å²) in [5, 5.41) is 1.04. The SMILES string of the molecule is CCN(CC)S(=O)(=O)c1ccc(C(=O)NNc2nc3c(Cl)cccc3s2)cc1. The van der Waals surface area contributed by atoms with Gasteiger partial charge in [0.1, 0.15) is 5.52 Å². The molecule has 3 rings (SSSR count). The number of hydrazine groups is 1. The zero-order valence-corrected chi connectivity index (χ0v) is 17.7. The number of hydrogen-bond acceptors (Lipinski definition) is 6. The number of sulfonamides is 1. The van der Waals surface area contributed by atoms with Crippen molar-refractivity contribution in [2.24, 2.45) is 0 Å². The number of carbonyl (C=O) groups is 1. The molecule has 0 aliphatic heterocycles. The molecule has 1 aromatic heterocycles. The van der Waals surface area contributed by atoms with Gasteiger partial charge >= 0.3 is 0 Å². The van der Waals surface area contributed by atoms with Gasteiger partial charge < -0.3 is 0 Å². The fraction of sp³-hybridized carbons (Fsp3) is 0.222. The summed E-state index contributed by atoms with van der Waals surface area (Å²) in [4.78, 5) is 16.8. The number of rotatable bonds is 7. The number of nitrogens with zero attached hydrogens (tertiary/aromatic N) is 2. The largest absolute Gasteiger partial charge is 0.273 e. The number of para-hydroxylation sites is 1. The summed E-state index contributed by atoms with van der Waals surface area (Å²) < 4.78 is 27.3. The van der Waals surface area contributed by atoms with Crippen molar-refractivity contribution in [3.8, 4) is 0 Å². The van der Waals surface area contributed by atoms with E-state index in [-0.39, 0.29) is 4.90 Å². The summed E-state index contributed by atoms with van der Waals surface area (Å²) in [6, 6.07) is 11.3. The van der Waals surface area contributed by atoms with Crippen LogP contribution in [-0.4, -0.2) is 36.7 Å². The molecule has 148 valence electrons. The van der Waals surface area contributed by atoms with Gasteiger partial charge in [-0.3, -0.25) is 15.6 Å². The minimum atomic E-state index is -3.55. The average molecular weight is 439 g/mol. The summed E-state index contributed by atoms with van der Waals surface area (Å²) in [6.07, 6.45) is 0. The van der Waals surface area contributed by atoms with Crippen molar-refractivity contribution in [3.05, 3.63) is 53.1 Å². The number of halogens is 1. The predicted molar refractivity (Wildman–Crippen MR) is 112 cm³/mol. The number of hydrogen-bond donors (Lipinski definition) is 2. The quantitative estimate of drug-likeness (QED) is 0.548. The summed E-state index contributed by atoms with van der Waals surface area (Å²) in [6.45, 7) is 4.34. The predicted octanol–water partition coefficient (Wildman–Crippen LogP) is 3.74. The van der Waals surface area contributed by atoms with E-state index in [1.54, 1.807) is 19.9 Å². The molecule has 0 aliphatic carbocycles. The standard InChI is InChI=1S/C18H19ClN4O3S2/c1-3-23(4-2)28(25,26)13-10-8-12(9-11-13)17(24)21-22-18-20-16-14(19)6-5-7-15(16)27-18/h5-11H,3-4H2,1-2H3,(H,20,22)(H,21,24).